The first-order valence-electron chi connectivity index (χ1n) is 12.8. The fraction of sp³-hybridized carbons (Fsp3) is 0.387. The molecule has 4 nitrogen and oxygen atoms in total. The van der Waals surface area contributed by atoms with Crippen molar-refractivity contribution in [3.8, 4) is 0 Å². The van der Waals surface area contributed by atoms with Crippen LogP contribution in [0.4, 0.5) is 0 Å². The minimum absolute atomic E-state index is 0.0841. The number of aryl methyl sites for hydroxylation is 2. The first-order chi connectivity index (χ1) is 17.2. The van der Waals surface area contributed by atoms with E-state index in [1.165, 1.54) is 5.56 Å². The maximum atomic E-state index is 13.3. The summed E-state index contributed by atoms with van der Waals surface area (Å²) in [5, 5.41) is 10.4. The summed E-state index contributed by atoms with van der Waals surface area (Å²) in [5.74, 6) is -0.298. The molecule has 4 rings (SSSR count). The topological polar surface area (TPSA) is 67.3 Å². The largest absolute Gasteiger partial charge is 0.481 e. The number of carboxylic acids is 1. The van der Waals surface area contributed by atoms with Crippen molar-refractivity contribution in [3.63, 3.8) is 0 Å². The number of halogens is 1. The molecule has 1 saturated carbocycles. The van der Waals surface area contributed by atoms with E-state index in [-0.39, 0.29) is 11.7 Å². The molecule has 0 radical (unpaired) electrons. The van der Waals surface area contributed by atoms with Gasteiger partial charge in [-0.05, 0) is 98.4 Å². The Balaban J connectivity index is 1.59. The zero-order valence-electron chi connectivity index (χ0n) is 21.3. The Morgan fingerprint density at radius 1 is 1.06 bits per heavy atom. The van der Waals surface area contributed by atoms with E-state index in [0.29, 0.717) is 29.3 Å². The minimum atomic E-state index is -0.658. The van der Waals surface area contributed by atoms with Crippen LogP contribution in [0, 0.1) is 19.3 Å². The van der Waals surface area contributed by atoms with Gasteiger partial charge in [-0.25, -0.2) is 0 Å². The minimum Gasteiger partial charge on any atom is -0.481 e. The number of hydrogen-bond donors (Lipinski definition) is 1. The van der Waals surface area contributed by atoms with Gasteiger partial charge in [-0.15, -0.1) is 0 Å². The third-order valence-electron chi connectivity index (χ3n) is 8.10. The number of benzene rings is 2. The third-order valence-corrected chi connectivity index (χ3v) is 8.33. The Bertz CT molecular complexity index is 1240. The molecule has 1 N–H and O–H groups in total. The summed E-state index contributed by atoms with van der Waals surface area (Å²) in [6.07, 6.45) is 5.93. The molecule has 3 aromatic rings. The van der Waals surface area contributed by atoms with Crippen LogP contribution in [0.1, 0.15) is 95.6 Å². The Morgan fingerprint density at radius 2 is 1.75 bits per heavy atom. The van der Waals surface area contributed by atoms with Gasteiger partial charge in [0.05, 0.1) is 5.41 Å². The molecule has 0 amide bonds. The normalized spacial score (nSPS) is 20.6. The second-order valence-corrected chi connectivity index (χ2v) is 10.7. The van der Waals surface area contributed by atoms with Crippen molar-refractivity contribution in [1.82, 2.24) is 4.98 Å². The second kappa shape index (κ2) is 11.0. The van der Waals surface area contributed by atoms with Gasteiger partial charge in [0.15, 0.2) is 5.78 Å². The maximum Gasteiger partial charge on any atom is 0.309 e. The smallest absolute Gasteiger partial charge is 0.309 e. The van der Waals surface area contributed by atoms with Crippen molar-refractivity contribution in [2.75, 3.05) is 0 Å². The number of pyridine rings is 1. The number of Topliss-reactive ketones (excluding diaryl/α,β-unsaturated/α-hetero) is 1. The second-order valence-electron chi connectivity index (χ2n) is 10.2. The van der Waals surface area contributed by atoms with Gasteiger partial charge >= 0.3 is 5.97 Å². The lowest BCUT2D eigenvalue weighted by atomic mass is 9.67. The number of carboxylic acid groups (broad SMARTS) is 1. The highest BCUT2D eigenvalue weighted by atomic mass is 35.5. The van der Waals surface area contributed by atoms with Crippen LogP contribution in [0.2, 0.25) is 5.02 Å². The van der Waals surface area contributed by atoms with Crippen LogP contribution in [-0.2, 0) is 4.79 Å². The van der Waals surface area contributed by atoms with Crippen LogP contribution in [0.25, 0.3) is 0 Å². The van der Waals surface area contributed by atoms with E-state index in [2.05, 4.69) is 29.2 Å². The summed E-state index contributed by atoms with van der Waals surface area (Å²) < 4.78 is 0. The molecule has 2 aromatic carbocycles. The first kappa shape index (κ1) is 26.1. The van der Waals surface area contributed by atoms with Crippen LogP contribution < -0.4 is 0 Å². The molecule has 0 unspecified atom stereocenters. The number of carbonyl (C=O) groups is 2. The zero-order valence-corrected chi connectivity index (χ0v) is 22.0. The van der Waals surface area contributed by atoms with E-state index in [1.54, 1.807) is 12.3 Å². The molecule has 1 aromatic heterocycles. The Labute approximate surface area is 218 Å². The zero-order chi connectivity index (χ0) is 25.9. The van der Waals surface area contributed by atoms with Crippen molar-refractivity contribution in [3.05, 3.63) is 99.3 Å². The standard InChI is InChI=1S/C31H34ClNO3/c1-4-31(30(35)36)14-11-23(12-15-31)22-5-7-24(8-6-22)28(27-10-9-26(32)17-20(27)2)19-29(34)25-13-16-33-21(3)18-25/h5-10,13,16-18,23,28H,4,11-12,14-15,19H2,1-3H3,(H,35,36)/t23?,28-,31?/m1/s1. The number of ketones is 1. The van der Waals surface area contributed by atoms with E-state index in [1.807, 2.05) is 45.0 Å². The summed E-state index contributed by atoms with van der Waals surface area (Å²) in [7, 11) is 0. The molecule has 0 aliphatic heterocycles. The number of rotatable bonds is 8. The van der Waals surface area contributed by atoms with E-state index in [4.69, 9.17) is 11.6 Å². The van der Waals surface area contributed by atoms with Gasteiger partial charge in [0, 0.05) is 34.8 Å². The molecule has 188 valence electrons. The fourth-order valence-corrected chi connectivity index (χ4v) is 5.91. The van der Waals surface area contributed by atoms with E-state index < -0.39 is 11.4 Å². The van der Waals surface area contributed by atoms with Crippen LogP contribution in [0.3, 0.4) is 0 Å². The molecule has 5 heteroatoms. The highest BCUT2D eigenvalue weighted by Gasteiger charge is 2.40. The average molecular weight is 504 g/mol. The lowest BCUT2D eigenvalue weighted by Crippen LogP contribution is -2.34. The molecular weight excluding hydrogens is 470 g/mol. The molecule has 1 aliphatic carbocycles. The molecule has 1 atom stereocenters. The first-order valence-corrected chi connectivity index (χ1v) is 13.2. The van der Waals surface area contributed by atoms with E-state index in [9.17, 15) is 14.7 Å². The summed E-state index contributed by atoms with van der Waals surface area (Å²) in [4.78, 5) is 29.3. The lowest BCUT2D eigenvalue weighted by Gasteiger charge is -2.36. The average Bonchev–Trinajstić information content (AvgIpc) is 2.87. The monoisotopic (exact) mass is 503 g/mol. The van der Waals surface area contributed by atoms with Crippen molar-refractivity contribution in [1.29, 1.82) is 0 Å². The molecular formula is C31H34ClNO3. The number of aromatic nitrogens is 1. The van der Waals surface area contributed by atoms with Crippen LogP contribution >= 0.6 is 11.6 Å². The number of hydrogen-bond acceptors (Lipinski definition) is 3. The number of nitrogens with zero attached hydrogens (tertiary/aromatic N) is 1. The predicted octanol–water partition coefficient (Wildman–Crippen LogP) is 7.90. The predicted molar refractivity (Wildman–Crippen MR) is 144 cm³/mol. The third kappa shape index (κ3) is 5.54. The maximum absolute atomic E-state index is 13.3. The van der Waals surface area contributed by atoms with Crippen molar-refractivity contribution in [2.45, 2.75) is 71.1 Å². The van der Waals surface area contributed by atoms with Crippen molar-refractivity contribution in [2.24, 2.45) is 5.41 Å². The van der Waals surface area contributed by atoms with Gasteiger partial charge in [-0.3, -0.25) is 14.6 Å². The molecule has 36 heavy (non-hydrogen) atoms. The van der Waals surface area contributed by atoms with Gasteiger partial charge in [-0.1, -0.05) is 48.9 Å². The lowest BCUT2D eigenvalue weighted by molar-refractivity contribution is -0.151. The Morgan fingerprint density at radius 3 is 2.33 bits per heavy atom. The number of aliphatic carboxylic acids is 1. The Hall–Kier alpha value is -2.98. The van der Waals surface area contributed by atoms with Crippen molar-refractivity contribution >= 4 is 23.4 Å². The molecule has 1 heterocycles. The highest BCUT2D eigenvalue weighted by molar-refractivity contribution is 6.30. The van der Waals surface area contributed by atoms with Crippen LogP contribution in [0.15, 0.2) is 60.8 Å². The Kier molecular flexibility index (Phi) is 7.94. The highest BCUT2D eigenvalue weighted by Crippen LogP contribution is 2.45. The summed E-state index contributed by atoms with van der Waals surface area (Å²) in [6.45, 7) is 5.91. The molecule has 0 bridgehead atoms. The van der Waals surface area contributed by atoms with Crippen LogP contribution in [0.5, 0.6) is 0 Å². The quantitative estimate of drug-likeness (QED) is 0.317. The molecule has 0 saturated heterocycles. The van der Waals surface area contributed by atoms with Gasteiger partial charge < -0.3 is 5.11 Å². The number of carbonyl (C=O) groups excluding carboxylic acids is 1. The van der Waals surface area contributed by atoms with Gasteiger partial charge in [0.25, 0.3) is 0 Å². The van der Waals surface area contributed by atoms with Gasteiger partial charge in [-0.2, -0.15) is 0 Å². The van der Waals surface area contributed by atoms with Crippen molar-refractivity contribution < 1.29 is 14.7 Å². The van der Waals surface area contributed by atoms with Gasteiger partial charge in [0.1, 0.15) is 0 Å². The summed E-state index contributed by atoms with van der Waals surface area (Å²) in [5.41, 5.74) is 5.43. The van der Waals surface area contributed by atoms with Gasteiger partial charge in [0.2, 0.25) is 0 Å². The molecule has 1 aliphatic rings. The summed E-state index contributed by atoms with van der Waals surface area (Å²) >= 11 is 6.23. The molecule has 0 spiro atoms. The van der Waals surface area contributed by atoms with E-state index >= 15 is 0 Å². The van der Waals surface area contributed by atoms with Crippen LogP contribution in [-0.4, -0.2) is 21.8 Å². The summed E-state index contributed by atoms with van der Waals surface area (Å²) in [6, 6.07) is 18.1. The SMILES string of the molecule is CCC1(C(=O)O)CCC(c2ccc([C@@H](CC(=O)c3ccnc(C)c3)c3ccc(Cl)cc3C)cc2)CC1. The fourth-order valence-electron chi connectivity index (χ4n) is 5.68. The van der Waals surface area contributed by atoms with E-state index in [0.717, 1.165) is 48.1 Å². The molecule has 1 fully saturated rings.